The van der Waals surface area contributed by atoms with Gasteiger partial charge in [-0.2, -0.15) is 4.73 Å². The fraction of sp³-hybridized carbons (Fsp3) is 0.263. The summed E-state index contributed by atoms with van der Waals surface area (Å²) in [5.41, 5.74) is 0.729. The van der Waals surface area contributed by atoms with Crippen molar-refractivity contribution in [2.75, 3.05) is 11.9 Å². The van der Waals surface area contributed by atoms with Crippen molar-refractivity contribution in [1.82, 2.24) is 0 Å². The van der Waals surface area contributed by atoms with Crippen LogP contribution >= 0.6 is 0 Å². The summed E-state index contributed by atoms with van der Waals surface area (Å²) in [4.78, 5) is 35.6. The van der Waals surface area contributed by atoms with Crippen LogP contribution < -0.4 is 10.0 Å². The number of hydrogen-bond acceptors (Lipinski definition) is 5. The van der Waals surface area contributed by atoms with Crippen LogP contribution in [0, 0.1) is 11.1 Å². The Hall–Kier alpha value is -3.22. The van der Waals surface area contributed by atoms with E-state index in [2.05, 4.69) is 5.32 Å². The number of ketones is 1. The van der Waals surface area contributed by atoms with Crippen molar-refractivity contribution in [2.24, 2.45) is 5.92 Å². The number of amides is 1. The molecule has 0 bridgehead atoms. The molecule has 0 radical (unpaired) electrons. The Morgan fingerprint density at radius 3 is 2.42 bits per heavy atom. The van der Waals surface area contributed by atoms with E-state index in [9.17, 15) is 19.6 Å². The predicted octanol–water partition coefficient (Wildman–Crippen LogP) is 2.34. The van der Waals surface area contributed by atoms with Gasteiger partial charge < -0.3 is 15.3 Å². The minimum atomic E-state index is -0.869. The lowest BCUT2D eigenvalue weighted by Crippen LogP contribution is -2.35. The summed E-state index contributed by atoms with van der Waals surface area (Å²) in [5.74, 6) is -1.12. The second kappa shape index (κ2) is 8.75. The lowest BCUT2D eigenvalue weighted by Gasteiger charge is -2.08. The monoisotopic (exact) mass is 356 g/mol. The van der Waals surface area contributed by atoms with Gasteiger partial charge in [0.15, 0.2) is 18.6 Å². The highest BCUT2D eigenvalue weighted by Gasteiger charge is 2.18. The van der Waals surface area contributed by atoms with Crippen LogP contribution in [0.2, 0.25) is 0 Å². The van der Waals surface area contributed by atoms with Gasteiger partial charge in [0.1, 0.15) is 0 Å². The molecule has 136 valence electrons. The Morgan fingerprint density at radius 2 is 1.81 bits per heavy atom. The number of rotatable bonds is 7. The van der Waals surface area contributed by atoms with E-state index in [0.717, 1.165) is 0 Å². The quantitative estimate of drug-likeness (QED) is 0.355. The highest BCUT2D eigenvalue weighted by Crippen LogP contribution is 2.12. The number of esters is 1. The minimum Gasteiger partial charge on any atom is -0.618 e. The van der Waals surface area contributed by atoms with E-state index in [1.807, 2.05) is 13.8 Å². The number of Topliss-reactive ketones (excluding diaryl/α,β-unsaturated/α-hetero) is 1. The van der Waals surface area contributed by atoms with E-state index in [4.69, 9.17) is 4.74 Å². The Bertz CT molecular complexity index is 800. The van der Waals surface area contributed by atoms with Crippen molar-refractivity contribution in [3.05, 3.63) is 65.1 Å². The zero-order valence-electron chi connectivity index (χ0n) is 14.6. The molecule has 26 heavy (non-hydrogen) atoms. The fourth-order valence-corrected chi connectivity index (χ4v) is 2.20. The van der Waals surface area contributed by atoms with Crippen LogP contribution in [0.15, 0.2) is 48.7 Å². The normalized spacial score (nSPS) is 10.4. The second-order valence-electron chi connectivity index (χ2n) is 6.13. The largest absolute Gasteiger partial charge is 0.618 e. The first kappa shape index (κ1) is 19.1. The van der Waals surface area contributed by atoms with Crippen molar-refractivity contribution in [1.29, 1.82) is 0 Å². The molecule has 7 heteroatoms. The zero-order valence-corrected chi connectivity index (χ0v) is 14.6. The van der Waals surface area contributed by atoms with E-state index in [1.54, 1.807) is 12.1 Å². The van der Waals surface area contributed by atoms with E-state index in [-0.39, 0.29) is 17.5 Å². The lowest BCUT2D eigenvalue weighted by atomic mass is 10.1. The third kappa shape index (κ3) is 5.41. The molecule has 0 aliphatic carbocycles. The van der Waals surface area contributed by atoms with E-state index < -0.39 is 18.4 Å². The maximum Gasteiger partial charge on any atom is 0.405 e. The van der Waals surface area contributed by atoms with Gasteiger partial charge in [0, 0.05) is 29.8 Å². The summed E-state index contributed by atoms with van der Waals surface area (Å²) < 4.78 is 5.26. The van der Waals surface area contributed by atoms with Crippen LogP contribution in [-0.4, -0.2) is 24.3 Å². The number of nitrogens with one attached hydrogen (secondary N) is 1. The number of ether oxygens (including phenoxy) is 1. The summed E-state index contributed by atoms with van der Waals surface area (Å²) >= 11 is 0. The number of pyridine rings is 1. The van der Waals surface area contributed by atoms with Crippen molar-refractivity contribution < 1.29 is 23.9 Å². The van der Waals surface area contributed by atoms with Crippen molar-refractivity contribution in [3.63, 3.8) is 0 Å². The smallest absolute Gasteiger partial charge is 0.405 e. The molecule has 0 aliphatic heterocycles. The number of hydrogen-bond donors (Lipinski definition) is 1. The van der Waals surface area contributed by atoms with Gasteiger partial charge in [-0.05, 0) is 36.2 Å². The zero-order chi connectivity index (χ0) is 19.1. The Kier molecular flexibility index (Phi) is 6.43. The van der Waals surface area contributed by atoms with Crippen LogP contribution in [0.25, 0.3) is 0 Å². The van der Waals surface area contributed by atoms with Crippen LogP contribution in [-0.2, 0) is 9.53 Å². The third-order valence-electron chi connectivity index (χ3n) is 3.45. The van der Waals surface area contributed by atoms with Gasteiger partial charge in [-0.25, -0.2) is 4.79 Å². The summed E-state index contributed by atoms with van der Waals surface area (Å²) in [6.07, 6.45) is 1.58. The molecule has 0 unspecified atom stereocenters. The Labute approximate surface area is 151 Å². The van der Waals surface area contributed by atoms with Gasteiger partial charge in [-0.1, -0.05) is 13.8 Å². The molecule has 0 atom stereocenters. The van der Waals surface area contributed by atoms with Gasteiger partial charge in [0.25, 0.3) is 0 Å². The van der Waals surface area contributed by atoms with Crippen LogP contribution in [0.4, 0.5) is 5.69 Å². The van der Waals surface area contributed by atoms with Gasteiger partial charge in [-0.15, -0.1) is 0 Å². The molecule has 0 saturated heterocycles. The van der Waals surface area contributed by atoms with E-state index in [1.165, 1.54) is 36.5 Å². The van der Waals surface area contributed by atoms with Gasteiger partial charge in [0.05, 0.1) is 0 Å². The first-order valence-electron chi connectivity index (χ1n) is 8.15. The molecule has 1 N–H and O–H groups in total. The Balaban J connectivity index is 1.91. The van der Waals surface area contributed by atoms with Crippen molar-refractivity contribution in [2.45, 2.75) is 20.3 Å². The van der Waals surface area contributed by atoms with E-state index in [0.29, 0.717) is 22.4 Å². The maximum absolute atomic E-state index is 12.1. The summed E-state index contributed by atoms with van der Waals surface area (Å²) in [5, 5.41) is 14.2. The number of nitrogens with zero attached hydrogens (tertiary/aromatic N) is 1. The molecule has 7 nitrogen and oxygen atoms in total. The van der Waals surface area contributed by atoms with Crippen molar-refractivity contribution in [3.8, 4) is 0 Å². The number of aromatic nitrogens is 1. The maximum atomic E-state index is 12.1. The molecule has 0 spiro atoms. The van der Waals surface area contributed by atoms with Crippen LogP contribution in [0.1, 0.15) is 41.1 Å². The highest BCUT2D eigenvalue weighted by molar-refractivity contribution is 5.99. The molecular formula is C19H20N2O5. The predicted molar refractivity (Wildman–Crippen MR) is 94.5 cm³/mol. The van der Waals surface area contributed by atoms with Gasteiger partial charge in [-0.3, -0.25) is 9.59 Å². The average molecular weight is 356 g/mol. The SMILES string of the molecule is CC(C)CC(=O)Nc1ccc(C(=O)COC(=O)c2cccc[n+]2[O-])cc1. The van der Waals surface area contributed by atoms with Crippen molar-refractivity contribution >= 4 is 23.3 Å². The van der Waals surface area contributed by atoms with Crippen LogP contribution in [0.3, 0.4) is 0 Å². The first-order chi connectivity index (χ1) is 12.4. The number of benzene rings is 1. The molecule has 0 saturated carbocycles. The first-order valence-corrected chi connectivity index (χ1v) is 8.15. The van der Waals surface area contributed by atoms with Gasteiger partial charge >= 0.3 is 11.7 Å². The summed E-state index contributed by atoms with van der Waals surface area (Å²) in [6.45, 7) is 3.42. The average Bonchev–Trinajstić information content (AvgIpc) is 2.59. The molecule has 1 aromatic carbocycles. The van der Waals surface area contributed by atoms with E-state index >= 15 is 0 Å². The molecular weight excluding hydrogens is 336 g/mol. The lowest BCUT2D eigenvalue weighted by molar-refractivity contribution is -0.608. The topological polar surface area (TPSA) is 99.4 Å². The minimum absolute atomic E-state index is 0.0956. The number of carbonyl (C=O) groups excluding carboxylic acids is 3. The summed E-state index contributed by atoms with van der Waals surface area (Å²) in [7, 11) is 0. The molecule has 2 rings (SSSR count). The van der Waals surface area contributed by atoms with Gasteiger partial charge in [0.2, 0.25) is 5.91 Å². The standard InChI is InChI=1S/C19H20N2O5/c1-13(2)11-18(23)20-15-8-6-14(7-9-15)17(22)12-26-19(24)16-5-3-4-10-21(16)25/h3-10,13H,11-12H2,1-2H3,(H,20,23). The highest BCUT2D eigenvalue weighted by atomic mass is 16.5. The molecule has 1 aromatic heterocycles. The molecule has 1 amide bonds. The second-order valence-corrected chi connectivity index (χ2v) is 6.13. The Morgan fingerprint density at radius 1 is 1.12 bits per heavy atom. The van der Waals surface area contributed by atoms with Crippen LogP contribution in [0.5, 0.6) is 0 Å². The molecule has 0 fully saturated rings. The number of carbonyl (C=O) groups is 3. The molecule has 2 aromatic rings. The fourth-order valence-electron chi connectivity index (χ4n) is 2.20. The molecule has 1 heterocycles. The summed E-state index contributed by atoms with van der Waals surface area (Å²) in [6, 6.07) is 10.6. The molecule has 0 aliphatic rings. The number of anilines is 1. The third-order valence-corrected chi connectivity index (χ3v) is 3.45.